The van der Waals surface area contributed by atoms with Crippen LogP contribution in [-0.4, -0.2) is 19.0 Å². The molecule has 0 unspecified atom stereocenters. The van der Waals surface area contributed by atoms with Gasteiger partial charge in [-0.2, -0.15) is 0 Å². The monoisotopic (exact) mass is 294 g/mol. The van der Waals surface area contributed by atoms with Gasteiger partial charge in [0.2, 0.25) is 5.22 Å². The van der Waals surface area contributed by atoms with Gasteiger partial charge in [0.1, 0.15) is 0 Å². The minimum atomic E-state index is -0.215. The Labute approximate surface area is 122 Å². The summed E-state index contributed by atoms with van der Waals surface area (Å²) in [5, 5.41) is 0.0850. The van der Waals surface area contributed by atoms with E-state index in [4.69, 9.17) is 25.5 Å². The first-order valence-electron chi connectivity index (χ1n) is 6.34. The molecule has 1 aromatic heterocycles. The molecule has 0 aliphatic carbocycles. The molecule has 2 aromatic rings. The van der Waals surface area contributed by atoms with Crippen molar-refractivity contribution in [1.29, 1.82) is 0 Å². The van der Waals surface area contributed by atoms with E-state index in [1.165, 1.54) is 6.26 Å². The highest BCUT2D eigenvalue weighted by molar-refractivity contribution is 6.33. The van der Waals surface area contributed by atoms with Crippen LogP contribution in [0, 0.1) is 0 Å². The second kappa shape index (κ2) is 6.48. The van der Waals surface area contributed by atoms with E-state index < -0.39 is 0 Å². The van der Waals surface area contributed by atoms with Gasteiger partial charge in [0.25, 0.3) is 0 Å². The van der Waals surface area contributed by atoms with E-state index in [0.717, 1.165) is 0 Å². The van der Waals surface area contributed by atoms with Gasteiger partial charge in [-0.3, -0.25) is 4.79 Å². The third-order valence-corrected chi connectivity index (χ3v) is 2.96. The van der Waals surface area contributed by atoms with E-state index in [2.05, 4.69) is 0 Å². The average Bonchev–Trinajstić information content (AvgIpc) is 2.86. The van der Waals surface area contributed by atoms with Crippen LogP contribution in [0.4, 0.5) is 0 Å². The van der Waals surface area contributed by atoms with Gasteiger partial charge in [-0.1, -0.05) is 0 Å². The van der Waals surface area contributed by atoms with Gasteiger partial charge in [-0.15, -0.1) is 0 Å². The molecule has 20 heavy (non-hydrogen) atoms. The van der Waals surface area contributed by atoms with E-state index in [1.54, 1.807) is 24.3 Å². The SMILES string of the molecule is CCOc1ccc(C(=O)c2ccoc2Cl)cc1OCC. The lowest BCUT2D eigenvalue weighted by molar-refractivity contribution is 0.103. The Morgan fingerprint density at radius 2 is 1.85 bits per heavy atom. The molecule has 0 atom stereocenters. The zero-order valence-corrected chi connectivity index (χ0v) is 12.1. The molecule has 0 spiro atoms. The Morgan fingerprint density at radius 1 is 1.15 bits per heavy atom. The Hall–Kier alpha value is -1.94. The molecule has 1 heterocycles. The van der Waals surface area contributed by atoms with Crippen molar-refractivity contribution in [2.24, 2.45) is 0 Å². The molecule has 5 heteroatoms. The number of carbonyl (C=O) groups excluding carboxylic acids is 1. The fourth-order valence-corrected chi connectivity index (χ4v) is 2.00. The van der Waals surface area contributed by atoms with Crippen molar-refractivity contribution in [2.45, 2.75) is 13.8 Å². The summed E-state index contributed by atoms with van der Waals surface area (Å²) in [6.07, 6.45) is 1.38. The van der Waals surface area contributed by atoms with Crippen LogP contribution in [0.2, 0.25) is 5.22 Å². The predicted molar refractivity (Wildman–Crippen MR) is 75.9 cm³/mol. The topological polar surface area (TPSA) is 48.7 Å². The van der Waals surface area contributed by atoms with Crippen LogP contribution in [0.1, 0.15) is 29.8 Å². The van der Waals surface area contributed by atoms with Crippen LogP contribution in [0.25, 0.3) is 0 Å². The number of carbonyl (C=O) groups is 1. The largest absolute Gasteiger partial charge is 0.490 e. The summed E-state index contributed by atoms with van der Waals surface area (Å²) in [5.41, 5.74) is 0.804. The number of ketones is 1. The Bertz CT molecular complexity index is 604. The van der Waals surface area contributed by atoms with Crippen LogP contribution >= 0.6 is 11.6 Å². The molecule has 0 fully saturated rings. The second-order valence-corrected chi connectivity index (χ2v) is 4.31. The minimum Gasteiger partial charge on any atom is -0.490 e. The Kier molecular flexibility index (Phi) is 4.69. The first kappa shape index (κ1) is 14.5. The predicted octanol–water partition coefficient (Wildman–Crippen LogP) is 3.96. The van der Waals surface area contributed by atoms with Gasteiger partial charge in [0.15, 0.2) is 17.3 Å². The highest BCUT2D eigenvalue weighted by Gasteiger charge is 2.17. The quantitative estimate of drug-likeness (QED) is 0.757. The summed E-state index contributed by atoms with van der Waals surface area (Å²) in [6.45, 7) is 4.78. The molecule has 0 radical (unpaired) electrons. The number of ether oxygens (including phenoxy) is 2. The number of rotatable bonds is 6. The standard InChI is InChI=1S/C15H15ClO4/c1-3-18-12-6-5-10(9-13(12)19-4-2)14(17)11-7-8-20-15(11)16/h5-9H,3-4H2,1-2H3. The summed E-state index contributed by atoms with van der Waals surface area (Å²) >= 11 is 5.82. The second-order valence-electron chi connectivity index (χ2n) is 3.96. The minimum absolute atomic E-state index is 0.0850. The van der Waals surface area contributed by atoms with Crippen LogP contribution in [0.15, 0.2) is 34.9 Å². The zero-order chi connectivity index (χ0) is 14.5. The molecule has 0 saturated carbocycles. The molecule has 0 aliphatic heterocycles. The van der Waals surface area contributed by atoms with Gasteiger partial charge < -0.3 is 13.9 Å². The van der Waals surface area contributed by atoms with Crippen molar-refractivity contribution in [2.75, 3.05) is 13.2 Å². The average molecular weight is 295 g/mol. The molecule has 0 saturated heterocycles. The molecular formula is C15H15ClO4. The number of hydrogen-bond donors (Lipinski definition) is 0. The number of halogens is 1. The maximum atomic E-state index is 12.3. The lowest BCUT2D eigenvalue weighted by Gasteiger charge is -2.11. The molecule has 0 amide bonds. The van der Waals surface area contributed by atoms with E-state index >= 15 is 0 Å². The van der Waals surface area contributed by atoms with Gasteiger partial charge in [0, 0.05) is 5.56 Å². The fraction of sp³-hybridized carbons (Fsp3) is 0.267. The Balaban J connectivity index is 2.35. The highest BCUT2D eigenvalue weighted by atomic mass is 35.5. The van der Waals surface area contributed by atoms with Crippen molar-refractivity contribution in [3.05, 3.63) is 46.9 Å². The lowest BCUT2D eigenvalue weighted by atomic mass is 10.1. The first-order chi connectivity index (χ1) is 9.67. The van der Waals surface area contributed by atoms with Gasteiger partial charge >= 0.3 is 0 Å². The van der Waals surface area contributed by atoms with Crippen LogP contribution in [-0.2, 0) is 0 Å². The van der Waals surface area contributed by atoms with Crippen molar-refractivity contribution in [3.63, 3.8) is 0 Å². The molecule has 0 aliphatic rings. The third kappa shape index (κ3) is 2.96. The van der Waals surface area contributed by atoms with Crippen LogP contribution < -0.4 is 9.47 Å². The molecule has 0 bridgehead atoms. The maximum absolute atomic E-state index is 12.3. The third-order valence-electron chi connectivity index (χ3n) is 2.67. The molecule has 4 nitrogen and oxygen atoms in total. The smallest absolute Gasteiger partial charge is 0.204 e. The van der Waals surface area contributed by atoms with E-state index in [1.807, 2.05) is 13.8 Å². The molecule has 2 rings (SSSR count). The normalized spacial score (nSPS) is 10.3. The van der Waals surface area contributed by atoms with Gasteiger partial charge in [-0.25, -0.2) is 0 Å². The van der Waals surface area contributed by atoms with Gasteiger partial charge in [0.05, 0.1) is 25.0 Å². The van der Waals surface area contributed by atoms with Crippen LogP contribution in [0.3, 0.4) is 0 Å². The molecule has 0 N–H and O–H groups in total. The van der Waals surface area contributed by atoms with Crippen molar-refractivity contribution < 1.29 is 18.7 Å². The van der Waals surface area contributed by atoms with E-state index in [0.29, 0.717) is 35.8 Å². The summed E-state index contributed by atoms with van der Waals surface area (Å²) in [5.74, 6) is 0.941. The molecule has 1 aromatic carbocycles. The first-order valence-corrected chi connectivity index (χ1v) is 6.72. The summed E-state index contributed by atoms with van der Waals surface area (Å²) in [7, 11) is 0. The molecule has 106 valence electrons. The van der Waals surface area contributed by atoms with Crippen molar-refractivity contribution in [1.82, 2.24) is 0 Å². The maximum Gasteiger partial charge on any atom is 0.204 e. The zero-order valence-electron chi connectivity index (χ0n) is 11.3. The lowest BCUT2D eigenvalue weighted by Crippen LogP contribution is -2.03. The number of benzene rings is 1. The number of furan rings is 1. The van der Waals surface area contributed by atoms with E-state index in [9.17, 15) is 4.79 Å². The van der Waals surface area contributed by atoms with Crippen molar-refractivity contribution >= 4 is 17.4 Å². The molecular weight excluding hydrogens is 280 g/mol. The summed E-state index contributed by atoms with van der Waals surface area (Å²) < 4.78 is 15.9. The fourth-order valence-electron chi connectivity index (χ4n) is 1.80. The van der Waals surface area contributed by atoms with E-state index in [-0.39, 0.29) is 11.0 Å². The van der Waals surface area contributed by atoms with Crippen molar-refractivity contribution in [3.8, 4) is 11.5 Å². The van der Waals surface area contributed by atoms with Gasteiger partial charge in [-0.05, 0) is 49.7 Å². The summed E-state index contributed by atoms with van der Waals surface area (Å²) in [6, 6.07) is 6.59. The van der Waals surface area contributed by atoms with Crippen LogP contribution in [0.5, 0.6) is 11.5 Å². The Morgan fingerprint density at radius 3 is 2.45 bits per heavy atom. The number of hydrogen-bond acceptors (Lipinski definition) is 4. The summed E-state index contributed by atoms with van der Waals surface area (Å²) in [4.78, 5) is 12.3. The highest BCUT2D eigenvalue weighted by Crippen LogP contribution is 2.30.